The molecule has 27 heavy (non-hydrogen) atoms. The van der Waals surface area contributed by atoms with Gasteiger partial charge in [-0.1, -0.05) is 62.4 Å². The van der Waals surface area contributed by atoms with E-state index < -0.39 is 5.69 Å². The fourth-order valence-electron chi connectivity index (χ4n) is 3.82. The second kappa shape index (κ2) is 6.88. The predicted molar refractivity (Wildman–Crippen MR) is 109 cm³/mol. The molecule has 2 aromatic carbocycles. The van der Waals surface area contributed by atoms with Crippen LogP contribution in [0.2, 0.25) is 0 Å². The smallest absolute Gasteiger partial charge is 0.314 e. The van der Waals surface area contributed by atoms with E-state index in [0.29, 0.717) is 5.56 Å². The summed E-state index contributed by atoms with van der Waals surface area (Å²) in [4.78, 5) is 29.2. The highest BCUT2D eigenvalue weighted by molar-refractivity contribution is 5.78. The number of hydrogen-bond acceptors (Lipinski definition) is 2. The van der Waals surface area contributed by atoms with Crippen LogP contribution in [-0.2, 0) is 12.8 Å². The van der Waals surface area contributed by atoms with Crippen LogP contribution < -0.4 is 11.2 Å². The van der Waals surface area contributed by atoms with Crippen LogP contribution in [-0.4, -0.2) is 9.97 Å². The van der Waals surface area contributed by atoms with Gasteiger partial charge in [0.05, 0.1) is 0 Å². The zero-order valence-electron chi connectivity index (χ0n) is 15.5. The Hall–Kier alpha value is -3.14. The maximum Gasteiger partial charge on any atom is 0.325 e. The molecule has 0 saturated heterocycles. The minimum Gasteiger partial charge on any atom is -0.314 e. The Morgan fingerprint density at radius 1 is 0.815 bits per heavy atom. The van der Waals surface area contributed by atoms with Gasteiger partial charge < -0.3 is 4.98 Å². The van der Waals surface area contributed by atoms with Crippen molar-refractivity contribution < 1.29 is 0 Å². The van der Waals surface area contributed by atoms with E-state index in [4.69, 9.17) is 0 Å². The number of fused-ring (bicyclic) bond motifs is 2. The van der Waals surface area contributed by atoms with Crippen LogP contribution in [0.1, 0.15) is 58.7 Å². The van der Waals surface area contributed by atoms with Gasteiger partial charge in [-0.25, -0.2) is 4.79 Å². The van der Waals surface area contributed by atoms with E-state index in [0.717, 1.165) is 35.1 Å². The highest BCUT2D eigenvalue weighted by Gasteiger charge is 2.26. The van der Waals surface area contributed by atoms with Crippen molar-refractivity contribution in [3.63, 3.8) is 0 Å². The lowest BCUT2D eigenvalue weighted by molar-refractivity contribution is 0.892. The van der Waals surface area contributed by atoms with Crippen molar-refractivity contribution in [2.45, 2.75) is 32.6 Å². The monoisotopic (exact) mass is 358 g/mol. The second-order valence-corrected chi connectivity index (χ2v) is 6.93. The molecule has 1 aromatic heterocycles. The number of rotatable bonds is 3. The van der Waals surface area contributed by atoms with Crippen molar-refractivity contribution in [2.75, 3.05) is 0 Å². The Labute approximate surface area is 157 Å². The molecule has 0 fully saturated rings. The molecule has 4 heteroatoms. The van der Waals surface area contributed by atoms with Crippen LogP contribution in [0.3, 0.4) is 0 Å². The molecule has 0 bridgehead atoms. The first-order chi connectivity index (χ1) is 13.1. The Balaban J connectivity index is 2.02. The average molecular weight is 358 g/mol. The molecular weight excluding hydrogens is 336 g/mol. The van der Waals surface area contributed by atoms with Crippen molar-refractivity contribution in [3.05, 3.63) is 102 Å². The van der Waals surface area contributed by atoms with Gasteiger partial charge >= 0.3 is 5.69 Å². The number of aryl methyl sites for hydroxylation is 2. The van der Waals surface area contributed by atoms with Gasteiger partial charge in [0.15, 0.2) is 0 Å². The van der Waals surface area contributed by atoms with Crippen molar-refractivity contribution in [3.8, 4) is 0 Å². The maximum atomic E-state index is 12.6. The van der Waals surface area contributed by atoms with Crippen LogP contribution in [0, 0.1) is 0 Å². The lowest BCUT2D eigenvalue weighted by Gasteiger charge is -2.21. The fourth-order valence-corrected chi connectivity index (χ4v) is 3.82. The first kappa shape index (κ1) is 17.3. The van der Waals surface area contributed by atoms with Gasteiger partial charge in [0, 0.05) is 17.7 Å². The third-order valence-corrected chi connectivity index (χ3v) is 5.34. The molecule has 0 amide bonds. The third-order valence-electron chi connectivity index (χ3n) is 5.34. The molecule has 0 atom stereocenters. The van der Waals surface area contributed by atoms with Crippen molar-refractivity contribution >= 4 is 12.2 Å². The molecule has 4 nitrogen and oxygen atoms in total. The number of nitrogens with one attached hydrogen (secondary N) is 2. The van der Waals surface area contributed by atoms with Gasteiger partial charge in [-0.05, 0) is 46.2 Å². The van der Waals surface area contributed by atoms with E-state index in [2.05, 4.69) is 72.4 Å². The molecule has 0 spiro atoms. The Kier molecular flexibility index (Phi) is 4.40. The maximum absolute atomic E-state index is 12.6. The molecule has 0 unspecified atom stereocenters. The summed E-state index contributed by atoms with van der Waals surface area (Å²) in [6.45, 7) is 4.27. The lowest BCUT2D eigenvalue weighted by Crippen LogP contribution is -2.27. The molecule has 4 rings (SSSR count). The molecule has 0 radical (unpaired) electrons. The number of aromatic amines is 2. The van der Waals surface area contributed by atoms with E-state index in [1.807, 2.05) is 0 Å². The summed E-state index contributed by atoms with van der Waals surface area (Å²) in [5.74, 6) is -0.234. The minimum absolute atomic E-state index is 0.234. The number of H-pyrrole nitrogens is 2. The third kappa shape index (κ3) is 3.08. The molecule has 0 aliphatic heterocycles. The zero-order valence-corrected chi connectivity index (χ0v) is 15.5. The van der Waals surface area contributed by atoms with Gasteiger partial charge in [0.2, 0.25) is 0 Å². The lowest BCUT2D eigenvalue weighted by atomic mass is 9.82. The summed E-state index contributed by atoms with van der Waals surface area (Å²) in [6, 6.07) is 12.8. The SMILES string of the molecule is CCc1ccc2c(c1)C=Cc1cc(CC)ccc1C2c1c[nH]c(=O)[nH]c1=O. The summed E-state index contributed by atoms with van der Waals surface area (Å²) >= 11 is 0. The minimum atomic E-state index is -0.487. The summed E-state index contributed by atoms with van der Waals surface area (Å²) in [5.41, 5.74) is 6.60. The van der Waals surface area contributed by atoms with Gasteiger partial charge in [0.25, 0.3) is 5.56 Å². The van der Waals surface area contributed by atoms with Crippen LogP contribution in [0.5, 0.6) is 0 Å². The average Bonchev–Trinajstić information content (AvgIpc) is 2.84. The van der Waals surface area contributed by atoms with Gasteiger partial charge in [-0.2, -0.15) is 0 Å². The standard InChI is InChI=1S/C23H22N2O2/c1-3-14-5-9-18-16(11-14)7-8-17-12-15(4-2)6-10-19(17)21(18)20-13-24-23(27)25-22(20)26/h5-13,21H,3-4H2,1-2H3,(H2,24,25,26,27). The van der Waals surface area contributed by atoms with Gasteiger partial charge in [-0.3, -0.25) is 9.78 Å². The van der Waals surface area contributed by atoms with Crippen LogP contribution in [0.25, 0.3) is 12.2 Å². The molecule has 2 N–H and O–H groups in total. The summed E-state index contributed by atoms with van der Waals surface area (Å²) in [7, 11) is 0. The molecular formula is C23H22N2O2. The molecule has 0 saturated carbocycles. The van der Waals surface area contributed by atoms with E-state index in [1.54, 1.807) is 6.20 Å². The Morgan fingerprint density at radius 2 is 1.37 bits per heavy atom. The van der Waals surface area contributed by atoms with Crippen LogP contribution >= 0.6 is 0 Å². The fraction of sp³-hybridized carbons (Fsp3) is 0.217. The second-order valence-electron chi connectivity index (χ2n) is 6.93. The number of aromatic nitrogens is 2. The van der Waals surface area contributed by atoms with Crippen molar-refractivity contribution in [1.82, 2.24) is 9.97 Å². The Morgan fingerprint density at radius 3 is 1.85 bits per heavy atom. The first-order valence-corrected chi connectivity index (χ1v) is 9.36. The van der Waals surface area contributed by atoms with Crippen LogP contribution in [0.15, 0.2) is 52.2 Å². The van der Waals surface area contributed by atoms with E-state index >= 15 is 0 Å². The van der Waals surface area contributed by atoms with E-state index in [-0.39, 0.29) is 11.5 Å². The Bertz CT molecular complexity index is 1090. The molecule has 1 heterocycles. The molecule has 1 aliphatic rings. The summed E-state index contributed by atoms with van der Waals surface area (Å²) < 4.78 is 0. The van der Waals surface area contributed by atoms with Crippen molar-refractivity contribution in [1.29, 1.82) is 0 Å². The quantitative estimate of drug-likeness (QED) is 0.584. The molecule has 1 aliphatic carbocycles. The number of hydrogen-bond donors (Lipinski definition) is 2. The molecule has 3 aromatic rings. The topological polar surface area (TPSA) is 65.7 Å². The van der Waals surface area contributed by atoms with Crippen LogP contribution in [0.4, 0.5) is 0 Å². The zero-order chi connectivity index (χ0) is 19.0. The highest BCUT2D eigenvalue weighted by Crippen LogP contribution is 2.38. The summed E-state index contributed by atoms with van der Waals surface area (Å²) in [6.07, 6.45) is 7.72. The van der Waals surface area contributed by atoms with Crippen molar-refractivity contribution in [2.24, 2.45) is 0 Å². The van der Waals surface area contributed by atoms with Gasteiger partial charge in [-0.15, -0.1) is 0 Å². The predicted octanol–water partition coefficient (Wildman–Crippen LogP) is 3.85. The first-order valence-electron chi connectivity index (χ1n) is 9.36. The van der Waals surface area contributed by atoms with E-state index in [9.17, 15) is 9.59 Å². The molecule has 136 valence electrons. The number of benzene rings is 2. The highest BCUT2D eigenvalue weighted by atomic mass is 16.2. The normalized spacial score (nSPS) is 13.1. The largest absolute Gasteiger partial charge is 0.325 e. The van der Waals surface area contributed by atoms with E-state index in [1.165, 1.54) is 11.1 Å². The summed E-state index contributed by atoms with van der Waals surface area (Å²) in [5, 5.41) is 0. The van der Waals surface area contributed by atoms with Gasteiger partial charge in [0.1, 0.15) is 0 Å².